The number of carbonyl (C=O) groups excluding carboxylic acids is 2. The van der Waals surface area contributed by atoms with E-state index in [0.29, 0.717) is 0 Å². The third-order valence-electron chi connectivity index (χ3n) is 3.09. The molecule has 27 heavy (non-hydrogen) atoms. The van der Waals surface area contributed by atoms with Gasteiger partial charge in [0.25, 0.3) is 11.6 Å². The summed E-state index contributed by atoms with van der Waals surface area (Å²) in [5.41, 5.74) is -0.469. The highest BCUT2D eigenvalue weighted by molar-refractivity contribution is 6.34. The van der Waals surface area contributed by atoms with Crippen LogP contribution < -0.4 is 10.1 Å². The lowest BCUT2D eigenvalue weighted by molar-refractivity contribution is -0.384. The van der Waals surface area contributed by atoms with E-state index in [-0.39, 0.29) is 22.0 Å². The Kier molecular flexibility index (Phi) is 6.61. The molecule has 0 fully saturated rings. The molecule has 8 nitrogen and oxygen atoms in total. The molecule has 1 N–H and O–H groups in total. The molecule has 11 heteroatoms. The fourth-order valence-corrected chi connectivity index (χ4v) is 2.17. The van der Waals surface area contributed by atoms with Crippen LogP contribution in [0, 0.1) is 10.1 Å². The van der Waals surface area contributed by atoms with Crippen molar-refractivity contribution >= 4 is 34.9 Å². The van der Waals surface area contributed by atoms with Crippen molar-refractivity contribution in [2.24, 2.45) is 0 Å². The second-order valence-corrected chi connectivity index (χ2v) is 5.33. The van der Waals surface area contributed by atoms with Crippen molar-refractivity contribution in [1.82, 2.24) is 0 Å². The standard InChI is InChI=1S/C16H11ClF2N2O6/c17-11-7-9(21(24)25)5-6-12(11)20-14(22)8-26-15(23)10-3-1-2-4-13(10)27-16(18)19/h1-7,16H,8H2,(H,20,22). The minimum Gasteiger partial charge on any atom is -0.452 e. The van der Waals surface area contributed by atoms with Crippen molar-refractivity contribution in [1.29, 1.82) is 0 Å². The maximum absolute atomic E-state index is 12.3. The van der Waals surface area contributed by atoms with Gasteiger partial charge >= 0.3 is 12.6 Å². The number of nitrogens with one attached hydrogen (secondary N) is 1. The van der Waals surface area contributed by atoms with Crippen molar-refractivity contribution in [2.45, 2.75) is 6.61 Å². The number of rotatable bonds is 7. The van der Waals surface area contributed by atoms with E-state index in [4.69, 9.17) is 16.3 Å². The van der Waals surface area contributed by atoms with E-state index in [2.05, 4.69) is 10.1 Å². The monoisotopic (exact) mass is 400 g/mol. The summed E-state index contributed by atoms with van der Waals surface area (Å²) in [6.45, 7) is -3.87. The smallest absolute Gasteiger partial charge is 0.387 e. The van der Waals surface area contributed by atoms with Crippen LogP contribution in [0.3, 0.4) is 0 Å². The Morgan fingerprint density at radius 1 is 1.22 bits per heavy atom. The average molecular weight is 401 g/mol. The topological polar surface area (TPSA) is 108 Å². The molecule has 0 radical (unpaired) electrons. The van der Waals surface area contributed by atoms with Crippen LogP contribution in [0.25, 0.3) is 0 Å². The molecule has 0 aromatic heterocycles. The zero-order valence-electron chi connectivity index (χ0n) is 13.4. The third kappa shape index (κ3) is 5.61. The number of hydrogen-bond acceptors (Lipinski definition) is 6. The predicted molar refractivity (Wildman–Crippen MR) is 90.1 cm³/mol. The predicted octanol–water partition coefficient (Wildman–Crippen LogP) is 3.65. The van der Waals surface area contributed by atoms with Gasteiger partial charge in [-0.1, -0.05) is 23.7 Å². The Labute approximate surface area is 155 Å². The summed E-state index contributed by atoms with van der Waals surface area (Å²) in [6, 6.07) is 8.53. The SMILES string of the molecule is O=C(COC(=O)c1ccccc1OC(F)F)Nc1ccc([N+](=O)[O-])cc1Cl. The normalized spacial score (nSPS) is 10.4. The Hall–Kier alpha value is -3.27. The number of nitrogens with zero attached hydrogens (tertiary/aromatic N) is 1. The molecule has 0 aliphatic heterocycles. The van der Waals surface area contributed by atoms with Gasteiger partial charge in [-0.2, -0.15) is 8.78 Å². The summed E-state index contributed by atoms with van der Waals surface area (Å²) < 4.78 is 33.7. The molecule has 0 saturated carbocycles. The molecule has 0 heterocycles. The lowest BCUT2D eigenvalue weighted by Gasteiger charge is -2.11. The van der Waals surface area contributed by atoms with Gasteiger partial charge in [-0.25, -0.2) is 4.79 Å². The van der Waals surface area contributed by atoms with Crippen LogP contribution in [0.4, 0.5) is 20.2 Å². The summed E-state index contributed by atoms with van der Waals surface area (Å²) >= 11 is 5.83. The number of halogens is 3. The number of anilines is 1. The lowest BCUT2D eigenvalue weighted by Crippen LogP contribution is -2.21. The number of nitro groups is 1. The van der Waals surface area contributed by atoms with E-state index in [1.807, 2.05) is 0 Å². The summed E-state index contributed by atoms with van der Waals surface area (Å²) in [5, 5.41) is 12.9. The fraction of sp³-hybridized carbons (Fsp3) is 0.125. The number of esters is 1. The van der Waals surface area contributed by atoms with Gasteiger partial charge in [0.1, 0.15) is 11.3 Å². The van der Waals surface area contributed by atoms with Crippen LogP contribution in [0.1, 0.15) is 10.4 Å². The highest BCUT2D eigenvalue weighted by Crippen LogP contribution is 2.26. The zero-order chi connectivity index (χ0) is 20.0. The molecule has 0 unspecified atom stereocenters. The van der Waals surface area contributed by atoms with Gasteiger partial charge in [-0.3, -0.25) is 14.9 Å². The highest BCUT2D eigenvalue weighted by atomic mass is 35.5. The van der Waals surface area contributed by atoms with Crippen molar-refractivity contribution in [3.63, 3.8) is 0 Å². The fourth-order valence-electron chi connectivity index (χ4n) is 1.95. The number of ether oxygens (including phenoxy) is 2. The molecule has 0 bridgehead atoms. The molecular formula is C16H11ClF2N2O6. The first-order chi connectivity index (χ1) is 12.8. The lowest BCUT2D eigenvalue weighted by atomic mass is 10.2. The molecule has 1 amide bonds. The first-order valence-corrected chi connectivity index (χ1v) is 7.60. The second-order valence-electron chi connectivity index (χ2n) is 4.92. The summed E-state index contributed by atoms with van der Waals surface area (Å²) in [4.78, 5) is 33.8. The molecular weight excluding hydrogens is 390 g/mol. The number of carbonyl (C=O) groups is 2. The van der Waals surface area contributed by atoms with E-state index in [0.717, 1.165) is 18.2 Å². The minimum absolute atomic E-state index is 0.0738. The van der Waals surface area contributed by atoms with Gasteiger partial charge in [0.2, 0.25) is 0 Å². The first-order valence-electron chi connectivity index (χ1n) is 7.22. The van der Waals surface area contributed by atoms with E-state index in [1.54, 1.807) is 0 Å². The molecule has 0 saturated heterocycles. The van der Waals surface area contributed by atoms with Crippen LogP contribution in [0.15, 0.2) is 42.5 Å². The van der Waals surface area contributed by atoms with Crippen LogP contribution in [-0.4, -0.2) is 30.0 Å². The average Bonchev–Trinajstić information content (AvgIpc) is 2.61. The van der Waals surface area contributed by atoms with Crippen LogP contribution in [-0.2, 0) is 9.53 Å². The van der Waals surface area contributed by atoms with Crippen molar-refractivity contribution in [3.05, 3.63) is 63.2 Å². The first kappa shape index (κ1) is 20.0. The Morgan fingerprint density at radius 3 is 2.56 bits per heavy atom. The Morgan fingerprint density at radius 2 is 1.93 bits per heavy atom. The van der Waals surface area contributed by atoms with Crippen LogP contribution in [0.2, 0.25) is 5.02 Å². The van der Waals surface area contributed by atoms with E-state index in [1.165, 1.54) is 24.3 Å². The van der Waals surface area contributed by atoms with Crippen LogP contribution in [0.5, 0.6) is 5.75 Å². The molecule has 0 aliphatic carbocycles. The van der Waals surface area contributed by atoms with Crippen LogP contribution >= 0.6 is 11.6 Å². The highest BCUT2D eigenvalue weighted by Gasteiger charge is 2.18. The Balaban J connectivity index is 1.98. The van der Waals surface area contributed by atoms with Gasteiger partial charge in [-0.05, 0) is 18.2 Å². The van der Waals surface area contributed by atoms with E-state index >= 15 is 0 Å². The van der Waals surface area contributed by atoms with Gasteiger partial charge in [0.05, 0.1) is 15.6 Å². The number of nitro benzene ring substituents is 1. The van der Waals surface area contributed by atoms with Gasteiger partial charge in [0.15, 0.2) is 6.61 Å². The van der Waals surface area contributed by atoms with E-state index < -0.39 is 35.8 Å². The van der Waals surface area contributed by atoms with Crippen molar-refractivity contribution < 1.29 is 32.8 Å². The van der Waals surface area contributed by atoms with Gasteiger partial charge in [-0.15, -0.1) is 0 Å². The van der Waals surface area contributed by atoms with Crippen molar-refractivity contribution in [3.8, 4) is 5.75 Å². The summed E-state index contributed by atoms with van der Waals surface area (Å²) in [7, 11) is 0. The molecule has 0 spiro atoms. The number of non-ortho nitro benzene ring substituents is 1. The quantitative estimate of drug-likeness (QED) is 0.432. The number of benzene rings is 2. The molecule has 2 rings (SSSR count). The Bertz CT molecular complexity index is 878. The summed E-state index contributed by atoms with van der Waals surface area (Å²) in [5.74, 6) is -2.22. The molecule has 0 atom stereocenters. The zero-order valence-corrected chi connectivity index (χ0v) is 14.1. The maximum atomic E-state index is 12.3. The van der Waals surface area contributed by atoms with Gasteiger partial charge < -0.3 is 14.8 Å². The molecule has 142 valence electrons. The third-order valence-corrected chi connectivity index (χ3v) is 3.41. The molecule has 0 aliphatic rings. The van der Waals surface area contributed by atoms with E-state index in [9.17, 15) is 28.5 Å². The number of para-hydroxylation sites is 1. The largest absolute Gasteiger partial charge is 0.452 e. The number of amides is 1. The van der Waals surface area contributed by atoms with Crippen molar-refractivity contribution in [2.75, 3.05) is 11.9 Å². The maximum Gasteiger partial charge on any atom is 0.387 e. The number of hydrogen-bond donors (Lipinski definition) is 1. The summed E-state index contributed by atoms with van der Waals surface area (Å²) in [6.07, 6.45) is 0. The van der Waals surface area contributed by atoms with Gasteiger partial charge in [0, 0.05) is 12.1 Å². The number of alkyl halides is 2. The minimum atomic E-state index is -3.13. The second kappa shape index (κ2) is 8.90. The molecule has 2 aromatic carbocycles. The molecule has 2 aromatic rings.